The van der Waals surface area contributed by atoms with E-state index < -0.39 is 0 Å². The summed E-state index contributed by atoms with van der Waals surface area (Å²) in [6.07, 6.45) is 1.98. The number of hydrogen-bond donors (Lipinski definition) is 0. The van der Waals surface area contributed by atoms with Crippen LogP contribution < -0.4 is 4.74 Å². The Labute approximate surface area is 87.8 Å². The Kier molecular flexibility index (Phi) is 2.64. The third kappa shape index (κ3) is 2.01. The van der Waals surface area contributed by atoms with Crippen LogP contribution in [0.25, 0.3) is 0 Å². The molecule has 1 aliphatic carbocycles. The fourth-order valence-corrected chi connectivity index (χ4v) is 1.88. The fourth-order valence-electron chi connectivity index (χ4n) is 1.48. The monoisotopic (exact) mass is 214 g/mol. The van der Waals surface area contributed by atoms with Gasteiger partial charge in [0.2, 0.25) is 0 Å². The molecule has 3 heteroatoms. The minimum Gasteiger partial charge on any atom is -0.490 e. The highest BCUT2D eigenvalue weighted by Gasteiger charge is 2.28. The van der Waals surface area contributed by atoms with Crippen LogP contribution >= 0.6 is 11.6 Å². The van der Waals surface area contributed by atoms with Crippen molar-refractivity contribution < 1.29 is 9.13 Å². The molecule has 1 fully saturated rings. The second kappa shape index (κ2) is 3.77. The predicted octanol–water partition coefficient (Wildman–Crippen LogP) is 3.28. The van der Waals surface area contributed by atoms with Crippen molar-refractivity contribution in [3.05, 3.63) is 29.6 Å². The summed E-state index contributed by atoms with van der Waals surface area (Å²) in [4.78, 5) is 0. The van der Waals surface area contributed by atoms with Gasteiger partial charge in [-0.05, 0) is 30.7 Å². The van der Waals surface area contributed by atoms with Crippen LogP contribution in [0.1, 0.15) is 18.4 Å². The number of halogens is 2. The summed E-state index contributed by atoms with van der Waals surface area (Å²) >= 11 is 5.83. The molecule has 0 radical (unpaired) electrons. The van der Waals surface area contributed by atoms with E-state index in [0.29, 0.717) is 5.56 Å². The van der Waals surface area contributed by atoms with Crippen LogP contribution in [0.4, 0.5) is 4.39 Å². The summed E-state index contributed by atoms with van der Waals surface area (Å²) in [7, 11) is 0. The van der Waals surface area contributed by atoms with Crippen molar-refractivity contribution in [1.82, 2.24) is 0 Å². The molecule has 1 aromatic carbocycles. The molecular formula is C11H12ClFO. The molecule has 76 valence electrons. The highest BCUT2D eigenvalue weighted by Crippen LogP contribution is 2.30. The molecule has 0 atom stereocenters. The van der Waals surface area contributed by atoms with E-state index in [-0.39, 0.29) is 17.3 Å². The van der Waals surface area contributed by atoms with Gasteiger partial charge in [0.25, 0.3) is 0 Å². The van der Waals surface area contributed by atoms with Gasteiger partial charge in [-0.1, -0.05) is 0 Å². The SMILES string of the molecule is Cc1cc(OC2CC(Cl)C2)ccc1F. The quantitative estimate of drug-likeness (QED) is 0.687. The maximum absolute atomic E-state index is 12.9. The van der Waals surface area contributed by atoms with Gasteiger partial charge in [0.1, 0.15) is 17.7 Å². The summed E-state index contributed by atoms with van der Waals surface area (Å²) in [6, 6.07) is 4.81. The fraction of sp³-hybridized carbons (Fsp3) is 0.455. The van der Waals surface area contributed by atoms with Crippen molar-refractivity contribution in [1.29, 1.82) is 0 Å². The van der Waals surface area contributed by atoms with Gasteiger partial charge in [0.05, 0.1) is 0 Å². The number of benzene rings is 1. The lowest BCUT2D eigenvalue weighted by atomic mass is 9.95. The van der Waals surface area contributed by atoms with Crippen molar-refractivity contribution in [3.8, 4) is 5.75 Å². The minimum absolute atomic E-state index is 0.193. The zero-order chi connectivity index (χ0) is 10.1. The van der Waals surface area contributed by atoms with Gasteiger partial charge in [0, 0.05) is 18.2 Å². The lowest BCUT2D eigenvalue weighted by Crippen LogP contribution is -2.34. The summed E-state index contributed by atoms with van der Waals surface area (Å²) in [5, 5.41) is 0.251. The van der Waals surface area contributed by atoms with Gasteiger partial charge in [-0.25, -0.2) is 4.39 Å². The van der Waals surface area contributed by atoms with Crippen LogP contribution in [0.2, 0.25) is 0 Å². The second-order valence-electron chi connectivity index (χ2n) is 3.72. The first-order valence-electron chi connectivity index (χ1n) is 4.72. The topological polar surface area (TPSA) is 9.23 Å². The summed E-state index contributed by atoms with van der Waals surface area (Å²) in [5.74, 6) is 0.540. The van der Waals surface area contributed by atoms with Gasteiger partial charge in [0.15, 0.2) is 0 Å². The van der Waals surface area contributed by atoms with Gasteiger partial charge in [-0.3, -0.25) is 0 Å². The Morgan fingerprint density at radius 1 is 1.43 bits per heavy atom. The third-order valence-corrected chi connectivity index (χ3v) is 2.83. The van der Waals surface area contributed by atoms with Crippen molar-refractivity contribution in [2.24, 2.45) is 0 Å². The molecule has 0 aromatic heterocycles. The third-order valence-electron chi connectivity index (χ3n) is 2.47. The van der Waals surface area contributed by atoms with E-state index in [1.807, 2.05) is 0 Å². The van der Waals surface area contributed by atoms with Crippen LogP contribution in [0.5, 0.6) is 5.75 Å². The Hall–Kier alpha value is -0.760. The maximum Gasteiger partial charge on any atom is 0.126 e. The summed E-state index contributed by atoms with van der Waals surface area (Å²) in [5.41, 5.74) is 0.615. The Morgan fingerprint density at radius 3 is 2.71 bits per heavy atom. The van der Waals surface area contributed by atoms with E-state index in [0.717, 1.165) is 18.6 Å². The number of ether oxygens (including phenoxy) is 1. The molecule has 0 unspecified atom stereocenters. The van der Waals surface area contributed by atoms with Crippen LogP contribution in [0.15, 0.2) is 18.2 Å². The van der Waals surface area contributed by atoms with E-state index in [4.69, 9.17) is 16.3 Å². The van der Waals surface area contributed by atoms with Crippen molar-refractivity contribution in [2.45, 2.75) is 31.2 Å². The summed E-state index contributed by atoms with van der Waals surface area (Å²) < 4.78 is 18.5. The Balaban J connectivity index is 2.00. The molecule has 0 saturated heterocycles. The van der Waals surface area contributed by atoms with Crippen LogP contribution in [0, 0.1) is 12.7 Å². The number of rotatable bonds is 2. The van der Waals surface area contributed by atoms with Crippen LogP contribution in [-0.4, -0.2) is 11.5 Å². The lowest BCUT2D eigenvalue weighted by molar-refractivity contribution is 0.124. The van der Waals surface area contributed by atoms with Gasteiger partial charge >= 0.3 is 0 Å². The first-order chi connectivity index (χ1) is 6.65. The second-order valence-corrected chi connectivity index (χ2v) is 4.34. The van der Waals surface area contributed by atoms with Gasteiger partial charge < -0.3 is 4.74 Å². The highest BCUT2D eigenvalue weighted by molar-refractivity contribution is 6.21. The molecule has 0 heterocycles. The standard InChI is InChI=1S/C11H12ClFO/c1-7-4-9(2-3-11(7)13)14-10-5-8(12)6-10/h2-4,8,10H,5-6H2,1H3. The Morgan fingerprint density at radius 2 is 2.14 bits per heavy atom. The molecule has 0 amide bonds. The smallest absolute Gasteiger partial charge is 0.126 e. The van der Waals surface area contributed by atoms with Gasteiger partial charge in [-0.2, -0.15) is 0 Å². The molecular weight excluding hydrogens is 203 g/mol. The first-order valence-corrected chi connectivity index (χ1v) is 5.15. The highest BCUT2D eigenvalue weighted by atomic mass is 35.5. The minimum atomic E-state index is -0.193. The molecule has 14 heavy (non-hydrogen) atoms. The van der Waals surface area contributed by atoms with E-state index in [2.05, 4.69) is 0 Å². The molecule has 2 rings (SSSR count). The first kappa shape index (κ1) is 9.78. The average molecular weight is 215 g/mol. The number of aryl methyl sites for hydroxylation is 1. The molecule has 0 bridgehead atoms. The molecule has 1 nitrogen and oxygen atoms in total. The average Bonchev–Trinajstić information content (AvgIpc) is 2.09. The van der Waals surface area contributed by atoms with E-state index in [9.17, 15) is 4.39 Å². The number of hydrogen-bond acceptors (Lipinski definition) is 1. The molecule has 0 aliphatic heterocycles. The molecule has 1 aromatic rings. The molecule has 1 aliphatic rings. The number of alkyl halides is 1. The summed E-state index contributed by atoms with van der Waals surface area (Å²) in [6.45, 7) is 1.73. The van der Waals surface area contributed by atoms with Crippen LogP contribution in [-0.2, 0) is 0 Å². The zero-order valence-corrected chi connectivity index (χ0v) is 8.72. The molecule has 0 spiro atoms. The maximum atomic E-state index is 12.9. The van der Waals surface area contributed by atoms with E-state index in [1.165, 1.54) is 6.07 Å². The van der Waals surface area contributed by atoms with Crippen LogP contribution in [0.3, 0.4) is 0 Å². The van der Waals surface area contributed by atoms with Crippen molar-refractivity contribution in [3.63, 3.8) is 0 Å². The largest absolute Gasteiger partial charge is 0.490 e. The Bertz CT molecular complexity index is 334. The van der Waals surface area contributed by atoms with Crippen molar-refractivity contribution >= 4 is 11.6 Å². The predicted molar refractivity (Wildman–Crippen MR) is 54.4 cm³/mol. The van der Waals surface area contributed by atoms with E-state index >= 15 is 0 Å². The van der Waals surface area contributed by atoms with E-state index in [1.54, 1.807) is 19.1 Å². The molecule has 0 N–H and O–H groups in total. The lowest BCUT2D eigenvalue weighted by Gasteiger charge is -2.31. The van der Waals surface area contributed by atoms with Gasteiger partial charge in [-0.15, -0.1) is 11.6 Å². The van der Waals surface area contributed by atoms with Crippen molar-refractivity contribution in [2.75, 3.05) is 0 Å². The molecule has 1 saturated carbocycles. The zero-order valence-electron chi connectivity index (χ0n) is 7.97. The normalized spacial score (nSPS) is 25.6.